The van der Waals surface area contributed by atoms with E-state index in [0.717, 1.165) is 5.56 Å². The number of non-ortho nitro benzene ring substituents is 1. The van der Waals surface area contributed by atoms with Gasteiger partial charge >= 0.3 is 0 Å². The third-order valence-electron chi connectivity index (χ3n) is 3.84. The zero-order chi connectivity index (χ0) is 21.0. The number of halogens is 2. The summed E-state index contributed by atoms with van der Waals surface area (Å²) in [6.07, 6.45) is 3.68. The Hall–Kier alpha value is -3.10. The van der Waals surface area contributed by atoms with Gasteiger partial charge in [0.1, 0.15) is 11.5 Å². The molecular weight excluding hydrogens is 419 g/mol. The molecule has 0 spiro atoms. The van der Waals surface area contributed by atoms with Gasteiger partial charge in [-0.25, -0.2) is 0 Å². The fourth-order valence-electron chi connectivity index (χ4n) is 2.53. The van der Waals surface area contributed by atoms with Crippen LogP contribution in [0.2, 0.25) is 10.0 Å². The number of nitro groups is 1. The first-order valence-corrected chi connectivity index (χ1v) is 9.27. The molecule has 1 aromatic heterocycles. The lowest BCUT2D eigenvalue weighted by Gasteiger charge is -2.11. The third kappa shape index (κ3) is 5.69. The molecule has 3 rings (SSSR count). The Morgan fingerprint density at radius 2 is 2.07 bits per heavy atom. The molecule has 0 aliphatic rings. The highest BCUT2D eigenvalue weighted by Gasteiger charge is 2.14. The number of aromatic nitrogens is 2. The molecule has 0 saturated heterocycles. The number of benzene rings is 2. The number of carbonyl (C=O) groups excluding carboxylic acids is 1. The van der Waals surface area contributed by atoms with Crippen LogP contribution in [0.25, 0.3) is 0 Å². The number of anilines is 1. The number of hydrogen-bond acceptors (Lipinski definition) is 5. The van der Waals surface area contributed by atoms with Crippen molar-refractivity contribution >= 4 is 40.5 Å². The molecule has 3 aromatic rings. The maximum Gasteiger partial charge on any atom is 0.275 e. The van der Waals surface area contributed by atoms with E-state index in [1.54, 1.807) is 23.0 Å². The van der Waals surface area contributed by atoms with Gasteiger partial charge in [-0.3, -0.25) is 19.6 Å². The molecule has 0 aliphatic carbocycles. The zero-order valence-corrected chi connectivity index (χ0v) is 16.8. The second-order valence-electron chi connectivity index (χ2n) is 6.23. The molecule has 0 atom stereocenters. The van der Waals surface area contributed by atoms with Crippen LogP contribution in [0.4, 0.5) is 11.4 Å². The van der Waals surface area contributed by atoms with E-state index in [0.29, 0.717) is 11.6 Å². The van der Waals surface area contributed by atoms with E-state index in [-0.39, 0.29) is 40.2 Å². The van der Waals surface area contributed by atoms with Gasteiger partial charge in [-0.1, -0.05) is 23.2 Å². The highest BCUT2D eigenvalue weighted by Crippen LogP contribution is 2.34. The van der Waals surface area contributed by atoms with Crippen LogP contribution < -0.4 is 10.1 Å². The van der Waals surface area contributed by atoms with Crippen molar-refractivity contribution in [3.05, 3.63) is 74.5 Å². The molecule has 0 radical (unpaired) electrons. The zero-order valence-electron chi connectivity index (χ0n) is 15.3. The van der Waals surface area contributed by atoms with Gasteiger partial charge in [0, 0.05) is 36.3 Å². The Morgan fingerprint density at radius 1 is 1.28 bits per heavy atom. The van der Waals surface area contributed by atoms with Gasteiger partial charge in [-0.15, -0.1) is 0 Å². The summed E-state index contributed by atoms with van der Waals surface area (Å²) in [5.74, 6) is 0.124. The smallest absolute Gasteiger partial charge is 0.275 e. The number of nitrogens with zero attached hydrogens (tertiary/aromatic N) is 3. The summed E-state index contributed by atoms with van der Waals surface area (Å²) < 4.78 is 7.30. The van der Waals surface area contributed by atoms with Crippen molar-refractivity contribution in [3.8, 4) is 11.5 Å². The molecule has 29 heavy (non-hydrogen) atoms. The van der Waals surface area contributed by atoms with Gasteiger partial charge in [-0.05, 0) is 30.7 Å². The van der Waals surface area contributed by atoms with E-state index in [9.17, 15) is 14.9 Å². The molecule has 0 saturated carbocycles. The Labute approximate surface area is 176 Å². The van der Waals surface area contributed by atoms with Crippen molar-refractivity contribution in [1.29, 1.82) is 0 Å². The Balaban J connectivity index is 1.75. The number of aryl methyl sites for hydroxylation is 2. The minimum absolute atomic E-state index is 0.154. The van der Waals surface area contributed by atoms with Crippen LogP contribution in [-0.4, -0.2) is 20.6 Å². The number of rotatable bonds is 7. The van der Waals surface area contributed by atoms with Crippen LogP contribution >= 0.6 is 23.2 Å². The Bertz CT molecular complexity index is 1070. The number of amides is 1. The highest BCUT2D eigenvalue weighted by atomic mass is 35.5. The molecule has 1 heterocycles. The molecular formula is C19H16Cl2N4O4. The minimum Gasteiger partial charge on any atom is -0.455 e. The summed E-state index contributed by atoms with van der Waals surface area (Å²) in [5.41, 5.74) is 0.998. The monoisotopic (exact) mass is 434 g/mol. The molecule has 10 heteroatoms. The Kier molecular flexibility index (Phi) is 6.36. The van der Waals surface area contributed by atoms with Gasteiger partial charge in [0.05, 0.1) is 27.9 Å². The van der Waals surface area contributed by atoms with Gasteiger partial charge in [0.2, 0.25) is 5.91 Å². The number of ether oxygens (including phenoxy) is 1. The van der Waals surface area contributed by atoms with Gasteiger partial charge in [-0.2, -0.15) is 5.10 Å². The van der Waals surface area contributed by atoms with Gasteiger partial charge in [0.25, 0.3) is 5.69 Å². The molecule has 2 aromatic carbocycles. The summed E-state index contributed by atoms with van der Waals surface area (Å²) in [6.45, 7) is 2.29. The van der Waals surface area contributed by atoms with E-state index in [2.05, 4.69) is 10.4 Å². The molecule has 0 aliphatic heterocycles. The maximum atomic E-state index is 12.2. The van der Waals surface area contributed by atoms with E-state index < -0.39 is 4.92 Å². The van der Waals surface area contributed by atoms with Crippen LogP contribution in [0.15, 0.2) is 48.8 Å². The fraction of sp³-hybridized carbons (Fsp3) is 0.158. The molecule has 0 unspecified atom stereocenters. The number of nitrogens with one attached hydrogen (secondary N) is 1. The maximum absolute atomic E-state index is 12.2. The highest BCUT2D eigenvalue weighted by molar-refractivity contribution is 6.35. The van der Waals surface area contributed by atoms with Gasteiger partial charge < -0.3 is 10.1 Å². The van der Waals surface area contributed by atoms with Crippen molar-refractivity contribution in [2.45, 2.75) is 19.9 Å². The van der Waals surface area contributed by atoms with Crippen molar-refractivity contribution in [1.82, 2.24) is 9.78 Å². The average Bonchev–Trinajstić information content (AvgIpc) is 3.07. The summed E-state index contributed by atoms with van der Waals surface area (Å²) >= 11 is 11.9. The van der Waals surface area contributed by atoms with Crippen LogP contribution in [0.5, 0.6) is 11.5 Å². The standard InChI is InChI=1S/C19H16Cl2N4O4/c1-12-10-22-24(11-12)5-4-19(26)23-14-7-15(25(27)28)9-16(8-14)29-18-3-2-13(20)6-17(18)21/h2-3,6-11H,4-5H2,1H3,(H,23,26). The molecule has 8 nitrogen and oxygen atoms in total. The summed E-state index contributed by atoms with van der Waals surface area (Å²) in [5, 5.41) is 18.7. The second-order valence-corrected chi connectivity index (χ2v) is 7.07. The molecule has 0 fully saturated rings. The van der Waals surface area contributed by atoms with Crippen LogP contribution in [0, 0.1) is 17.0 Å². The van der Waals surface area contributed by atoms with E-state index in [1.807, 2.05) is 13.1 Å². The number of hydrogen-bond donors (Lipinski definition) is 1. The first-order chi connectivity index (χ1) is 13.8. The molecule has 1 amide bonds. The third-order valence-corrected chi connectivity index (χ3v) is 4.37. The van der Waals surface area contributed by atoms with E-state index in [4.69, 9.17) is 27.9 Å². The topological polar surface area (TPSA) is 99.3 Å². The molecule has 150 valence electrons. The largest absolute Gasteiger partial charge is 0.455 e. The van der Waals surface area contributed by atoms with Crippen LogP contribution in [0.3, 0.4) is 0 Å². The minimum atomic E-state index is -0.571. The van der Waals surface area contributed by atoms with Crippen LogP contribution in [0.1, 0.15) is 12.0 Å². The lowest BCUT2D eigenvalue weighted by Crippen LogP contribution is -2.15. The van der Waals surface area contributed by atoms with Crippen molar-refractivity contribution in [2.24, 2.45) is 0 Å². The summed E-state index contributed by atoms with van der Waals surface area (Å²) in [4.78, 5) is 22.9. The van der Waals surface area contributed by atoms with Gasteiger partial charge in [0.15, 0.2) is 0 Å². The summed E-state index contributed by atoms with van der Waals surface area (Å²) in [6, 6.07) is 8.61. The lowest BCUT2D eigenvalue weighted by atomic mass is 10.2. The van der Waals surface area contributed by atoms with E-state index in [1.165, 1.54) is 24.3 Å². The predicted molar refractivity (Wildman–Crippen MR) is 110 cm³/mol. The number of carbonyl (C=O) groups is 1. The quantitative estimate of drug-likeness (QED) is 0.405. The lowest BCUT2D eigenvalue weighted by molar-refractivity contribution is -0.384. The van der Waals surface area contributed by atoms with Crippen molar-refractivity contribution < 1.29 is 14.5 Å². The molecule has 1 N–H and O–H groups in total. The average molecular weight is 435 g/mol. The first kappa shape index (κ1) is 20.6. The molecule has 0 bridgehead atoms. The predicted octanol–water partition coefficient (Wildman–Crippen LogP) is 5.23. The number of nitro benzene ring substituents is 1. The van der Waals surface area contributed by atoms with E-state index >= 15 is 0 Å². The SMILES string of the molecule is Cc1cnn(CCC(=O)Nc2cc(Oc3ccc(Cl)cc3Cl)cc([N+](=O)[O-])c2)c1. The van der Waals surface area contributed by atoms with Crippen LogP contribution in [-0.2, 0) is 11.3 Å². The Morgan fingerprint density at radius 3 is 2.72 bits per heavy atom. The normalized spacial score (nSPS) is 10.6. The van der Waals surface area contributed by atoms with Crippen molar-refractivity contribution in [3.63, 3.8) is 0 Å². The summed E-state index contributed by atoms with van der Waals surface area (Å²) in [7, 11) is 0. The first-order valence-electron chi connectivity index (χ1n) is 8.51. The second kappa shape index (κ2) is 8.93. The van der Waals surface area contributed by atoms with Crippen molar-refractivity contribution in [2.75, 3.05) is 5.32 Å². The fourth-order valence-corrected chi connectivity index (χ4v) is 2.98.